The minimum atomic E-state index is -0.358. The number of phenolic OH excluding ortho intramolecular Hbond substituents is 2. The van der Waals surface area contributed by atoms with Gasteiger partial charge in [0.25, 0.3) is 0 Å². The van der Waals surface area contributed by atoms with Gasteiger partial charge in [0.1, 0.15) is 17.1 Å². The van der Waals surface area contributed by atoms with E-state index in [4.69, 9.17) is 0 Å². The Labute approximate surface area is 105 Å². The summed E-state index contributed by atoms with van der Waals surface area (Å²) in [6, 6.07) is 8.16. The standard InChI is InChI=1S/C14H13NO3/c1-9-6-11(16)14(12(17)7-9)13(18)8-10-4-2-3-5-15-10/h2-7,16-17H,8H2,1H3. The zero-order valence-corrected chi connectivity index (χ0v) is 9.92. The van der Waals surface area contributed by atoms with Crippen LogP contribution in [0.4, 0.5) is 0 Å². The van der Waals surface area contributed by atoms with Gasteiger partial charge in [-0.05, 0) is 36.8 Å². The maximum atomic E-state index is 12.0. The molecule has 0 radical (unpaired) electrons. The van der Waals surface area contributed by atoms with E-state index < -0.39 is 0 Å². The van der Waals surface area contributed by atoms with E-state index in [0.29, 0.717) is 11.3 Å². The van der Waals surface area contributed by atoms with Gasteiger partial charge in [0, 0.05) is 11.9 Å². The number of benzene rings is 1. The van der Waals surface area contributed by atoms with Crippen molar-refractivity contribution in [3.05, 3.63) is 53.3 Å². The van der Waals surface area contributed by atoms with Gasteiger partial charge >= 0.3 is 0 Å². The van der Waals surface area contributed by atoms with Crippen molar-refractivity contribution in [3.8, 4) is 11.5 Å². The second-order valence-electron chi connectivity index (χ2n) is 4.10. The van der Waals surface area contributed by atoms with Crippen molar-refractivity contribution in [1.29, 1.82) is 0 Å². The molecule has 1 aromatic heterocycles. The number of aromatic nitrogens is 1. The second-order valence-corrected chi connectivity index (χ2v) is 4.10. The van der Waals surface area contributed by atoms with Crippen LogP contribution < -0.4 is 0 Å². The molecule has 0 aliphatic carbocycles. The minimum Gasteiger partial charge on any atom is -0.507 e. The summed E-state index contributed by atoms with van der Waals surface area (Å²) in [7, 11) is 0. The summed E-state index contributed by atoms with van der Waals surface area (Å²) < 4.78 is 0. The van der Waals surface area contributed by atoms with Crippen LogP contribution in [-0.4, -0.2) is 21.0 Å². The van der Waals surface area contributed by atoms with Crippen LogP contribution in [0, 0.1) is 6.92 Å². The molecule has 0 bridgehead atoms. The topological polar surface area (TPSA) is 70.4 Å². The normalized spacial score (nSPS) is 10.3. The van der Waals surface area contributed by atoms with Gasteiger partial charge < -0.3 is 10.2 Å². The van der Waals surface area contributed by atoms with Gasteiger partial charge in [0.05, 0.1) is 6.42 Å². The number of phenols is 2. The molecule has 1 heterocycles. The van der Waals surface area contributed by atoms with Crippen molar-refractivity contribution in [3.63, 3.8) is 0 Å². The monoisotopic (exact) mass is 243 g/mol. The highest BCUT2D eigenvalue weighted by Gasteiger charge is 2.17. The number of rotatable bonds is 3. The zero-order valence-electron chi connectivity index (χ0n) is 9.92. The summed E-state index contributed by atoms with van der Waals surface area (Å²) >= 11 is 0. The average molecular weight is 243 g/mol. The molecule has 0 saturated heterocycles. The first-order valence-electron chi connectivity index (χ1n) is 5.53. The predicted octanol–water partition coefficient (Wildman–Crippen LogP) is 2.23. The molecule has 2 aromatic rings. The summed E-state index contributed by atoms with van der Waals surface area (Å²) in [5.41, 5.74) is 1.24. The molecule has 0 atom stereocenters. The van der Waals surface area contributed by atoms with Crippen LogP contribution in [0.5, 0.6) is 11.5 Å². The molecule has 2 rings (SSSR count). The second kappa shape index (κ2) is 4.87. The number of carbonyl (C=O) groups excluding carboxylic acids is 1. The largest absolute Gasteiger partial charge is 0.507 e. The number of aryl methyl sites for hydroxylation is 1. The van der Waals surface area contributed by atoms with E-state index in [1.807, 2.05) is 0 Å². The zero-order chi connectivity index (χ0) is 13.1. The number of nitrogens with zero attached hydrogens (tertiary/aromatic N) is 1. The van der Waals surface area contributed by atoms with Gasteiger partial charge in [-0.3, -0.25) is 9.78 Å². The smallest absolute Gasteiger partial charge is 0.176 e. The van der Waals surface area contributed by atoms with Crippen LogP contribution in [0.3, 0.4) is 0 Å². The number of Topliss-reactive ketones (excluding diaryl/α,β-unsaturated/α-hetero) is 1. The first-order chi connectivity index (χ1) is 8.58. The van der Waals surface area contributed by atoms with E-state index in [-0.39, 0.29) is 29.3 Å². The van der Waals surface area contributed by atoms with E-state index in [2.05, 4.69) is 4.98 Å². The Bertz CT molecular complexity index is 556. The molecule has 0 amide bonds. The molecule has 0 aliphatic heterocycles. The van der Waals surface area contributed by atoms with Gasteiger partial charge in [0.2, 0.25) is 0 Å². The minimum absolute atomic E-state index is 0.0466. The van der Waals surface area contributed by atoms with Crippen molar-refractivity contribution in [2.24, 2.45) is 0 Å². The number of hydrogen-bond donors (Lipinski definition) is 2. The molecule has 0 unspecified atom stereocenters. The van der Waals surface area contributed by atoms with Gasteiger partial charge in [0.15, 0.2) is 5.78 Å². The Morgan fingerprint density at radius 2 is 1.89 bits per heavy atom. The summed E-state index contributed by atoms with van der Waals surface area (Å²) in [5, 5.41) is 19.4. The lowest BCUT2D eigenvalue weighted by atomic mass is 10.0. The average Bonchev–Trinajstić information content (AvgIpc) is 2.28. The molecule has 4 nitrogen and oxygen atoms in total. The molecule has 2 N–H and O–H groups in total. The van der Waals surface area contributed by atoms with Crippen molar-refractivity contribution < 1.29 is 15.0 Å². The fourth-order valence-electron chi connectivity index (χ4n) is 1.79. The van der Waals surface area contributed by atoms with Crippen LogP contribution in [0.1, 0.15) is 21.6 Å². The van der Waals surface area contributed by atoms with Gasteiger partial charge in [-0.2, -0.15) is 0 Å². The third-order valence-electron chi connectivity index (χ3n) is 2.59. The molecule has 0 spiro atoms. The number of pyridine rings is 1. The predicted molar refractivity (Wildman–Crippen MR) is 66.8 cm³/mol. The number of aromatic hydroxyl groups is 2. The van der Waals surface area contributed by atoms with E-state index in [9.17, 15) is 15.0 Å². The Kier molecular flexibility index (Phi) is 3.28. The lowest BCUT2D eigenvalue weighted by Crippen LogP contribution is -2.05. The van der Waals surface area contributed by atoms with E-state index >= 15 is 0 Å². The lowest BCUT2D eigenvalue weighted by molar-refractivity contribution is 0.0986. The molecule has 0 saturated carbocycles. The van der Waals surface area contributed by atoms with Crippen molar-refractivity contribution >= 4 is 5.78 Å². The van der Waals surface area contributed by atoms with E-state index in [1.54, 1.807) is 31.3 Å². The summed E-state index contributed by atoms with van der Waals surface area (Å²) in [6.07, 6.45) is 1.64. The highest BCUT2D eigenvalue weighted by Crippen LogP contribution is 2.29. The highest BCUT2D eigenvalue weighted by molar-refractivity contribution is 6.02. The number of ketones is 1. The van der Waals surface area contributed by atoms with Crippen LogP contribution in [0.15, 0.2) is 36.5 Å². The molecule has 0 aliphatic rings. The van der Waals surface area contributed by atoms with Crippen molar-refractivity contribution in [2.75, 3.05) is 0 Å². The maximum absolute atomic E-state index is 12.0. The summed E-state index contributed by atoms with van der Waals surface area (Å²) in [4.78, 5) is 16.0. The molecule has 0 fully saturated rings. The van der Waals surface area contributed by atoms with Crippen LogP contribution in [0.25, 0.3) is 0 Å². The van der Waals surface area contributed by atoms with Crippen LogP contribution in [0.2, 0.25) is 0 Å². The number of hydrogen-bond acceptors (Lipinski definition) is 4. The van der Waals surface area contributed by atoms with E-state index in [0.717, 1.165) is 0 Å². The molecule has 92 valence electrons. The molecular weight excluding hydrogens is 230 g/mol. The molecule has 4 heteroatoms. The van der Waals surface area contributed by atoms with Crippen LogP contribution in [-0.2, 0) is 6.42 Å². The Morgan fingerprint density at radius 1 is 1.22 bits per heavy atom. The first kappa shape index (κ1) is 12.1. The highest BCUT2D eigenvalue weighted by atomic mass is 16.3. The Hall–Kier alpha value is -2.36. The van der Waals surface area contributed by atoms with Crippen LogP contribution >= 0.6 is 0 Å². The van der Waals surface area contributed by atoms with Crippen molar-refractivity contribution in [2.45, 2.75) is 13.3 Å². The maximum Gasteiger partial charge on any atom is 0.176 e. The molecule has 1 aromatic carbocycles. The van der Waals surface area contributed by atoms with Crippen molar-refractivity contribution in [1.82, 2.24) is 4.98 Å². The Morgan fingerprint density at radius 3 is 2.44 bits per heavy atom. The fourth-order valence-corrected chi connectivity index (χ4v) is 1.79. The fraction of sp³-hybridized carbons (Fsp3) is 0.143. The lowest BCUT2D eigenvalue weighted by Gasteiger charge is -2.07. The molecular formula is C14H13NO3. The van der Waals surface area contributed by atoms with Gasteiger partial charge in [-0.15, -0.1) is 0 Å². The number of carbonyl (C=O) groups is 1. The quantitative estimate of drug-likeness (QED) is 0.811. The van der Waals surface area contributed by atoms with Gasteiger partial charge in [-0.1, -0.05) is 6.07 Å². The third kappa shape index (κ3) is 2.48. The molecule has 18 heavy (non-hydrogen) atoms. The Balaban J connectivity index is 2.30. The SMILES string of the molecule is Cc1cc(O)c(C(=O)Cc2ccccn2)c(O)c1. The van der Waals surface area contributed by atoms with E-state index in [1.165, 1.54) is 12.1 Å². The van der Waals surface area contributed by atoms with Gasteiger partial charge in [-0.25, -0.2) is 0 Å². The first-order valence-corrected chi connectivity index (χ1v) is 5.53. The summed E-state index contributed by atoms with van der Waals surface area (Å²) in [6.45, 7) is 1.73. The summed E-state index contributed by atoms with van der Waals surface area (Å²) in [5.74, 6) is -0.759. The third-order valence-corrected chi connectivity index (χ3v) is 2.59.